The van der Waals surface area contributed by atoms with E-state index in [1.807, 2.05) is 49.5 Å². The summed E-state index contributed by atoms with van der Waals surface area (Å²) in [5.74, 6) is 1.63. The van der Waals surface area contributed by atoms with E-state index in [9.17, 15) is 4.79 Å². The summed E-state index contributed by atoms with van der Waals surface area (Å²) in [4.78, 5) is 26.8. The number of amidine groups is 1. The molecule has 1 N–H and O–H groups in total. The Morgan fingerprint density at radius 2 is 2.05 bits per heavy atom. The van der Waals surface area contributed by atoms with Crippen LogP contribution in [0.1, 0.15) is 38.3 Å². The molecule has 3 aromatic heterocycles. The van der Waals surface area contributed by atoms with Gasteiger partial charge in [-0.2, -0.15) is 0 Å². The molecule has 0 amide bonds. The van der Waals surface area contributed by atoms with Crippen molar-refractivity contribution >= 4 is 29.3 Å². The van der Waals surface area contributed by atoms with E-state index in [2.05, 4.69) is 48.0 Å². The molecule has 4 aromatic rings. The summed E-state index contributed by atoms with van der Waals surface area (Å²) in [6.45, 7) is 11.2. The van der Waals surface area contributed by atoms with Gasteiger partial charge in [0.2, 0.25) is 0 Å². The quantitative estimate of drug-likeness (QED) is 0.190. The van der Waals surface area contributed by atoms with Crippen molar-refractivity contribution in [2.45, 2.75) is 40.3 Å². The van der Waals surface area contributed by atoms with Crippen LogP contribution in [0, 0.1) is 18.2 Å². The van der Waals surface area contributed by atoms with Crippen molar-refractivity contribution in [1.82, 2.24) is 14.5 Å². The molecule has 3 heterocycles. The summed E-state index contributed by atoms with van der Waals surface area (Å²) in [6.07, 6.45) is 10.6. The maximum atomic E-state index is 13.8. The van der Waals surface area contributed by atoms with Crippen LogP contribution in [0.25, 0.3) is 28.3 Å². The molecule has 0 saturated carbocycles. The Bertz CT molecular complexity index is 1500. The van der Waals surface area contributed by atoms with Crippen molar-refractivity contribution < 1.29 is 0 Å². The third-order valence-electron chi connectivity index (χ3n) is 6.49. The van der Waals surface area contributed by atoms with Gasteiger partial charge in [-0.3, -0.25) is 19.3 Å². The van der Waals surface area contributed by atoms with E-state index < -0.39 is 0 Å². The van der Waals surface area contributed by atoms with Gasteiger partial charge in [-0.15, -0.1) is 0 Å². The second-order valence-corrected chi connectivity index (χ2v) is 9.33. The predicted octanol–water partition coefficient (Wildman–Crippen LogP) is 6.95. The average Bonchev–Trinajstić information content (AvgIpc) is 2.96. The molecular weight excluding hydrogens is 494 g/mol. The molecule has 0 spiro atoms. The van der Waals surface area contributed by atoms with Crippen LogP contribution in [0.4, 0.5) is 5.82 Å². The molecule has 1 atom stereocenters. The predicted molar refractivity (Wildman–Crippen MR) is 156 cm³/mol. The van der Waals surface area contributed by atoms with Crippen LogP contribution in [-0.2, 0) is 13.1 Å². The number of nitrogens with one attached hydrogen (secondary N) is 1. The zero-order valence-corrected chi connectivity index (χ0v) is 22.6. The van der Waals surface area contributed by atoms with Crippen LogP contribution in [0.15, 0.2) is 77.4 Å². The van der Waals surface area contributed by atoms with Crippen LogP contribution < -0.4 is 10.9 Å². The van der Waals surface area contributed by atoms with Gasteiger partial charge in [-0.1, -0.05) is 56.3 Å². The maximum absolute atomic E-state index is 13.8. The monoisotopic (exact) mass is 523 g/mol. The highest BCUT2D eigenvalue weighted by molar-refractivity contribution is 6.33. The number of aromatic nitrogens is 3. The smallest absolute Gasteiger partial charge is 0.260 e. The largest absolute Gasteiger partial charge is 0.329 e. The van der Waals surface area contributed by atoms with Gasteiger partial charge in [0.1, 0.15) is 11.7 Å². The van der Waals surface area contributed by atoms with E-state index in [-0.39, 0.29) is 11.5 Å². The lowest BCUT2D eigenvalue weighted by Crippen LogP contribution is -2.29. The molecule has 0 bridgehead atoms. The molecule has 0 aliphatic carbocycles. The Morgan fingerprint density at radius 3 is 2.68 bits per heavy atom. The highest BCUT2D eigenvalue weighted by Gasteiger charge is 2.19. The van der Waals surface area contributed by atoms with E-state index >= 15 is 0 Å². The molecule has 0 aliphatic heterocycles. The molecule has 0 saturated heterocycles. The summed E-state index contributed by atoms with van der Waals surface area (Å²) in [5.41, 5.74) is 4.58. The molecule has 0 aliphatic rings. The van der Waals surface area contributed by atoms with Crippen molar-refractivity contribution in [1.29, 1.82) is 0 Å². The molecule has 7 heteroatoms. The minimum Gasteiger partial charge on any atom is -0.329 e. The van der Waals surface area contributed by atoms with Crippen LogP contribution in [-0.4, -0.2) is 20.4 Å². The van der Waals surface area contributed by atoms with Crippen LogP contribution in [0.3, 0.4) is 0 Å². The number of hydrogen-bond donors (Lipinski definition) is 1. The summed E-state index contributed by atoms with van der Waals surface area (Å²) < 4.78 is 1.71. The zero-order valence-electron chi connectivity index (χ0n) is 21.8. The Kier molecular flexibility index (Phi) is 8.73. The van der Waals surface area contributed by atoms with Crippen LogP contribution in [0.5, 0.6) is 0 Å². The Balaban J connectivity index is 1.76. The van der Waals surface area contributed by atoms with E-state index in [0.29, 0.717) is 35.1 Å². The van der Waals surface area contributed by atoms with Crippen molar-refractivity contribution in [3.63, 3.8) is 0 Å². The van der Waals surface area contributed by atoms with Crippen LogP contribution in [0.2, 0.25) is 5.02 Å². The van der Waals surface area contributed by atoms with Crippen molar-refractivity contribution in [2.75, 3.05) is 5.32 Å². The molecule has 6 nitrogen and oxygen atoms in total. The lowest BCUT2D eigenvalue weighted by Gasteiger charge is -2.22. The molecule has 0 fully saturated rings. The normalized spacial score (nSPS) is 12.1. The van der Waals surface area contributed by atoms with Gasteiger partial charge in [-0.25, -0.2) is 4.98 Å². The fourth-order valence-corrected chi connectivity index (χ4v) is 4.42. The number of halogens is 1. The third-order valence-corrected chi connectivity index (χ3v) is 6.80. The van der Waals surface area contributed by atoms with E-state index in [1.165, 1.54) is 0 Å². The molecular formula is C31H30ClN5O. The summed E-state index contributed by atoms with van der Waals surface area (Å²) >= 11 is 6.71. The fraction of sp³-hybridized carbons (Fsp3) is 0.226. The van der Waals surface area contributed by atoms with Gasteiger partial charge in [-0.05, 0) is 54.8 Å². The molecule has 1 unspecified atom stereocenters. The van der Waals surface area contributed by atoms with Gasteiger partial charge in [0.25, 0.3) is 5.56 Å². The van der Waals surface area contributed by atoms with Crippen LogP contribution >= 0.6 is 11.6 Å². The Labute approximate surface area is 228 Å². The number of hydrogen-bond acceptors (Lipinski definition) is 4. The minimum absolute atomic E-state index is 0.143. The maximum Gasteiger partial charge on any atom is 0.260 e. The first kappa shape index (κ1) is 26.8. The van der Waals surface area contributed by atoms with Crippen molar-refractivity contribution in [3.8, 4) is 22.3 Å². The number of benzene rings is 1. The number of pyridine rings is 2. The van der Waals surface area contributed by atoms with Gasteiger partial charge in [0, 0.05) is 64.5 Å². The zero-order chi connectivity index (χ0) is 27.1. The number of rotatable bonds is 9. The van der Waals surface area contributed by atoms with Gasteiger partial charge < -0.3 is 5.32 Å². The standard InChI is InChI=1S/C31H30ClN5O/c1-5-21(4)29(35-19-22-10-8-14-33-18-22)36-30-23(6-2)16-27(31(38)37(30)7-3)26-13-12-24(17-28(26)32)25-11-9-15-34-20-25/h6,8,10-14,16-18,20-21H,2,5,7,19H2,1,3-4H3,(H,35,36). The molecule has 0 radical (unpaired) electrons. The summed E-state index contributed by atoms with van der Waals surface area (Å²) in [5, 5.41) is 3.95. The first-order valence-corrected chi connectivity index (χ1v) is 13.0. The second kappa shape index (κ2) is 12.4. The lowest BCUT2D eigenvalue weighted by molar-refractivity contribution is 0.717. The number of aliphatic imine (C=N–C) groups is 1. The second-order valence-electron chi connectivity index (χ2n) is 8.92. The number of nitrogens with zero attached hydrogens (tertiary/aromatic N) is 4. The van der Waals surface area contributed by atoms with E-state index in [0.717, 1.165) is 34.5 Å². The third kappa shape index (κ3) is 5.85. The first-order valence-electron chi connectivity index (χ1n) is 12.6. The van der Waals surface area contributed by atoms with Crippen molar-refractivity contribution in [2.24, 2.45) is 10.9 Å². The minimum atomic E-state index is -0.143. The first-order chi connectivity index (χ1) is 18.5. The van der Waals surface area contributed by atoms with Gasteiger partial charge in [0.15, 0.2) is 0 Å². The summed E-state index contributed by atoms with van der Waals surface area (Å²) in [7, 11) is 0. The average molecular weight is 524 g/mol. The van der Waals surface area contributed by atoms with Gasteiger partial charge in [0.05, 0.1) is 6.54 Å². The van der Waals surface area contributed by atoms with E-state index in [1.54, 1.807) is 29.1 Å². The molecule has 38 heavy (non-hydrogen) atoms. The summed E-state index contributed by atoms with van der Waals surface area (Å²) in [6, 6.07) is 16.0. The molecule has 1 aromatic carbocycles. The Hall–Kier alpha value is -4.21. The number of anilines is 1. The molecule has 192 valence electrons. The highest BCUT2D eigenvalue weighted by Crippen LogP contribution is 2.32. The topological polar surface area (TPSA) is 72.2 Å². The van der Waals surface area contributed by atoms with Crippen molar-refractivity contribution in [3.05, 3.63) is 106 Å². The highest BCUT2D eigenvalue weighted by atomic mass is 35.5. The SMILES string of the molecule is C=Cc1cc(-c2ccc(-c3cc#cnc3)cc2Cl)c(=O)n(CC)c1NC(=NCc1cccnc1)C(C)CC. The fourth-order valence-electron chi connectivity index (χ4n) is 4.14. The Morgan fingerprint density at radius 1 is 1.21 bits per heavy atom. The molecule has 4 rings (SSSR count). The lowest BCUT2D eigenvalue weighted by atomic mass is 10.0. The van der Waals surface area contributed by atoms with Gasteiger partial charge >= 0.3 is 0 Å². The van der Waals surface area contributed by atoms with E-state index in [4.69, 9.17) is 16.6 Å².